The Kier molecular flexibility index (Phi) is 5.03. The number of allylic oxidation sites excluding steroid dienone is 6. The van der Waals surface area contributed by atoms with E-state index < -0.39 is 23.1 Å². The van der Waals surface area contributed by atoms with Crippen molar-refractivity contribution in [2.45, 2.75) is 65.6 Å². The molecule has 31 heavy (non-hydrogen) atoms. The average molecular weight is 421 g/mol. The summed E-state index contributed by atoms with van der Waals surface area (Å²) in [6.07, 6.45) is 17.3. The van der Waals surface area contributed by atoms with Crippen LogP contribution in [0.3, 0.4) is 0 Å². The quantitative estimate of drug-likeness (QED) is 0.442. The van der Waals surface area contributed by atoms with Gasteiger partial charge in [-0.2, -0.15) is 0 Å². The zero-order valence-electron chi connectivity index (χ0n) is 19.3. The number of fused-ring (bicyclic) bond motifs is 2. The van der Waals surface area contributed by atoms with Crippen molar-refractivity contribution >= 4 is 11.9 Å². The molecular weight excluding hydrogens is 388 g/mol. The molecule has 0 aromatic rings. The lowest BCUT2D eigenvalue weighted by Crippen LogP contribution is -2.34. The van der Waals surface area contributed by atoms with Crippen molar-refractivity contribution in [1.82, 2.24) is 0 Å². The molecule has 4 nitrogen and oxygen atoms in total. The van der Waals surface area contributed by atoms with Crippen LogP contribution in [0.25, 0.3) is 0 Å². The standard InChI is InChI=1S/C27H32O4/c1-17-9-7-13-26(5,15-17)30-23(28)21-19-11-12-20(25(19,3)4)22(21)24(29)31-27(6)14-8-10-18(2)16-27/h7-12,15-16,19-20H,13-14H2,1-6H3. The van der Waals surface area contributed by atoms with Crippen LogP contribution in [0.1, 0.15) is 54.4 Å². The minimum Gasteiger partial charge on any atom is -0.451 e. The van der Waals surface area contributed by atoms with E-state index in [1.165, 1.54) is 0 Å². The van der Waals surface area contributed by atoms with Gasteiger partial charge in [0.2, 0.25) is 0 Å². The van der Waals surface area contributed by atoms with Gasteiger partial charge in [-0.05, 0) is 45.3 Å². The van der Waals surface area contributed by atoms with Gasteiger partial charge in [0.15, 0.2) is 0 Å². The summed E-state index contributed by atoms with van der Waals surface area (Å²) in [6.45, 7) is 12.0. The lowest BCUT2D eigenvalue weighted by molar-refractivity contribution is -0.152. The van der Waals surface area contributed by atoms with Crippen LogP contribution in [-0.2, 0) is 19.1 Å². The maximum absolute atomic E-state index is 13.4. The SMILES string of the molecule is CC1=CC(C)(OC(=O)C2=C(C(=O)OC3(C)C=C(C)C=CC3)C3C=CC2C3(C)C)CC=C1. The van der Waals surface area contributed by atoms with Crippen LogP contribution in [0.5, 0.6) is 0 Å². The number of carbonyl (C=O) groups excluding carboxylic acids is 2. The fourth-order valence-electron chi connectivity index (χ4n) is 5.47. The molecule has 0 spiro atoms. The third-order valence-electron chi connectivity index (χ3n) is 6.98. The van der Waals surface area contributed by atoms with E-state index in [1.54, 1.807) is 0 Å². The van der Waals surface area contributed by atoms with E-state index >= 15 is 0 Å². The summed E-state index contributed by atoms with van der Waals surface area (Å²) in [4.78, 5) is 26.9. The number of hydrogen-bond acceptors (Lipinski definition) is 4. The topological polar surface area (TPSA) is 52.6 Å². The highest BCUT2D eigenvalue weighted by Gasteiger charge is 2.55. The highest BCUT2D eigenvalue weighted by Crippen LogP contribution is 2.57. The van der Waals surface area contributed by atoms with Crippen molar-refractivity contribution in [3.8, 4) is 0 Å². The normalized spacial score (nSPS) is 35.2. The molecule has 4 heteroatoms. The maximum Gasteiger partial charge on any atom is 0.336 e. The number of esters is 2. The van der Waals surface area contributed by atoms with Crippen molar-refractivity contribution in [2.24, 2.45) is 17.3 Å². The number of ether oxygens (including phenoxy) is 2. The summed E-state index contributed by atoms with van der Waals surface area (Å²) in [7, 11) is 0. The Morgan fingerprint density at radius 1 is 0.774 bits per heavy atom. The minimum atomic E-state index is -0.715. The van der Waals surface area contributed by atoms with Gasteiger partial charge >= 0.3 is 11.9 Å². The molecule has 0 aromatic heterocycles. The van der Waals surface area contributed by atoms with Crippen LogP contribution in [0, 0.1) is 17.3 Å². The molecule has 0 fully saturated rings. The summed E-state index contributed by atoms with van der Waals surface area (Å²) in [5, 5.41) is 0. The molecule has 0 radical (unpaired) electrons. The van der Waals surface area contributed by atoms with Crippen molar-refractivity contribution in [1.29, 1.82) is 0 Å². The van der Waals surface area contributed by atoms with Gasteiger partial charge in [-0.1, -0.05) is 61.4 Å². The fourth-order valence-corrected chi connectivity index (χ4v) is 5.47. The summed E-state index contributed by atoms with van der Waals surface area (Å²) in [6, 6.07) is 0. The summed E-state index contributed by atoms with van der Waals surface area (Å²) in [5.74, 6) is -1.15. The van der Waals surface area contributed by atoms with E-state index in [2.05, 4.69) is 13.8 Å². The highest BCUT2D eigenvalue weighted by molar-refractivity contribution is 6.04. The molecule has 4 unspecified atom stereocenters. The third-order valence-corrected chi connectivity index (χ3v) is 6.98. The average Bonchev–Trinajstić information content (AvgIpc) is 3.05. The first kappa shape index (κ1) is 21.6. The van der Waals surface area contributed by atoms with Gasteiger partial charge in [-0.15, -0.1) is 0 Å². The number of hydrogen-bond donors (Lipinski definition) is 0. The molecule has 4 atom stereocenters. The van der Waals surface area contributed by atoms with Crippen molar-refractivity contribution in [3.05, 3.63) is 70.9 Å². The molecule has 4 aliphatic rings. The lowest BCUT2D eigenvalue weighted by atomic mass is 9.77. The smallest absolute Gasteiger partial charge is 0.336 e. The van der Waals surface area contributed by atoms with E-state index in [1.807, 2.05) is 76.3 Å². The second-order valence-electron chi connectivity index (χ2n) is 10.4. The molecule has 0 saturated heterocycles. The Labute approximate surface area is 185 Å². The second-order valence-corrected chi connectivity index (χ2v) is 10.4. The van der Waals surface area contributed by atoms with Gasteiger partial charge in [0.05, 0.1) is 11.1 Å². The predicted molar refractivity (Wildman–Crippen MR) is 121 cm³/mol. The second kappa shape index (κ2) is 7.22. The van der Waals surface area contributed by atoms with Gasteiger partial charge in [0.25, 0.3) is 0 Å². The van der Waals surface area contributed by atoms with Gasteiger partial charge in [0, 0.05) is 24.7 Å². The molecule has 0 saturated carbocycles. The fraction of sp³-hybridized carbons (Fsp3) is 0.481. The molecule has 0 aliphatic heterocycles. The lowest BCUT2D eigenvalue weighted by Gasteiger charge is -2.30. The van der Waals surface area contributed by atoms with E-state index in [0.717, 1.165) is 11.1 Å². The molecule has 2 bridgehead atoms. The maximum atomic E-state index is 13.4. The van der Waals surface area contributed by atoms with Crippen LogP contribution in [-0.4, -0.2) is 23.1 Å². The largest absolute Gasteiger partial charge is 0.451 e. The van der Waals surface area contributed by atoms with E-state index in [9.17, 15) is 9.59 Å². The third kappa shape index (κ3) is 3.77. The molecule has 0 aromatic carbocycles. The summed E-state index contributed by atoms with van der Waals surface area (Å²) < 4.78 is 12.0. The first-order chi connectivity index (χ1) is 14.4. The molecule has 0 N–H and O–H groups in total. The van der Waals surface area contributed by atoms with Crippen LogP contribution in [0.15, 0.2) is 70.9 Å². The van der Waals surface area contributed by atoms with E-state index in [-0.39, 0.29) is 17.3 Å². The van der Waals surface area contributed by atoms with Crippen LogP contribution >= 0.6 is 0 Å². The predicted octanol–water partition coefficient (Wildman–Crippen LogP) is 5.54. The molecule has 0 heterocycles. The van der Waals surface area contributed by atoms with Gasteiger partial charge < -0.3 is 9.47 Å². The van der Waals surface area contributed by atoms with Gasteiger partial charge in [0.1, 0.15) is 11.2 Å². The van der Waals surface area contributed by atoms with Crippen molar-refractivity contribution in [2.75, 3.05) is 0 Å². The van der Waals surface area contributed by atoms with Crippen molar-refractivity contribution < 1.29 is 19.1 Å². The molecule has 4 rings (SSSR count). The van der Waals surface area contributed by atoms with E-state index in [4.69, 9.17) is 9.47 Å². The Hall–Kier alpha value is -2.62. The minimum absolute atomic E-state index is 0.156. The molecule has 0 amide bonds. The Morgan fingerprint density at radius 3 is 1.52 bits per heavy atom. The summed E-state index contributed by atoms with van der Waals surface area (Å²) in [5.41, 5.74) is 1.34. The molecule has 4 aliphatic carbocycles. The first-order valence-electron chi connectivity index (χ1n) is 11.1. The zero-order chi connectivity index (χ0) is 22.6. The van der Waals surface area contributed by atoms with Crippen LogP contribution in [0.4, 0.5) is 0 Å². The monoisotopic (exact) mass is 420 g/mol. The van der Waals surface area contributed by atoms with Crippen LogP contribution in [0.2, 0.25) is 0 Å². The van der Waals surface area contributed by atoms with Gasteiger partial charge in [-0.25, -0.2) is 9.59 Å². The van der Waals surface area contributed by atoms with Gasteiger partial charge in [-0.3, -0.25) is 0 Å². The zero-order valence-corrected chi connectivity index (χ0v) is 19.3. The van der Waals surface area contributed by atoms with Crippen molar-refractivity contribution in [3.63, 3.8) is 0 Å². The molecule has 164 valence electrons. The highest BCUT2D eigenvalue weighted by atomic mass is 16.6. The number of rotatable bonds is 4. The first-order valence-corrected chi connectivity index (χ1v) is 11.1. The van der Waals surface area contributed by atoms with E-state index in [0.29, 0.717) is 24.0 Å². The Bertz CT molecular complexity index is 938. The Morgan fingerprint density at radius 2 is 1.16 bits per heavy atom. The number of carbonyl (C=O) groups is 2. The Balaban J connectivity index is 1.66. The van der Waals surface area contributed by atoms with Crippen LogP contribution < -0.4 is 0 Å². The molecular formula is C27H32O4. The summed E-state index contributed by atoms with van der Waals surface area (Å²) >= 11 is 0.